The van der Waals surface area contributed by atoms with E-state index in [1.165, 1.54) is 0 Å². The summed E-state index contributed by atoms with van der Waals surface area (Å²) >= 11 is 1.59. The Morgan fingerprint density at radius 1 is 1.24 bits per heavy atom. The average molecular weight is 433 g/mol. The summed E-state index contributed by atoms with van der Waals surface area (Å²) < 4.78 is 35.3. The summed E-state index contributed by atoms with van der Waals surface area (Å²) in [6.07, 6.45) is 0.646. The Morgan fingerprint density at radius 2 is 2.03 bits per heavy atom. The number of nitrogens with zero attached hydrogens (tertiary/aromatic N) is 2. The van der Waals surface area contributed by atoms with Crippen molar-refractivity contribution < 1.29 is 17.6 Å². The normalized spacial score (nSPS) is 18.4. The molecule has 0 N–H and O–H groups in total. The number of oxazole rings is 1. The Morgan fingerprint density at radius 3 is 2.66 bits per heavy atom. The lowest BCUT2D eigenvalue weighted by atomic mass is 10.1. The van der Waals surface area contributed by atoms with Crippen LogP contribution in [0.15, 0.2) is 46.2 Å². The molecule has 29 heavy (non-hydrogen) atoms. The van der Waals surface area contributed by atoms with Crippen LogP contribution in [-0.4, -0.2) is 43.0 Å². The standard InChI is InChI=1S/C21H24N2O4S2/c1-15-19(22-21(27-15)20-4-3-10-28-20)13-23(17-9-11-29(24,25)14-17)12-16-5-7-18(26-2)8-6-16/h3-8,10,17H,9,11-14H2,1-2H3. The number of aryl methyl sites for hydroxylation is 1. The van der Waals surface area contributed by atoms with Crippen LogP contribution in [0.3, 0.4) is 0 Å². The minimum absolute atomic E-state index is 0.0246. The van der Waals surface area contributed by atoms with Gasteiger partial charge in [0.2, 0.25) is 5.89 Å². The predicted molar refractivity (Wildman–Crippen MR) is 114 cm³/mol. The zero-order valence-electron chi connectivity index (χ0n) is 16.5. The van der Waals surface area contributed by atoms with Crippen LogP contribution in [0, 0.1) is 6.92 Å². The fraction of sp³-hybridized carbons (Fsp3) is 0.381. The molecule has 0 radical (unpaired) electrons. The molecular formula is C21H24N2O4S2. The Labute approximate surface area is 175 Å². The molecule has 3 heterocycles. The van der Waals surface area contributed by atoms with E-state index in [2.05, 4.69) is 4.90 Å². The molecule has 0 aliphatic carbocycles. The number of ether oxygens (including phenoxy) is 1. The quantitative estimate of drug-likeness (QED) is 0.564. The number of hydrogen-bond acceptors (Lipinski definition) is 7. The predicted octanol–water partition coefficient (Wildman–Crippen LogP) is 3.91. The minimum Gasteiger partial charge on any atom is -0.497 e. The molecule has 1 aliphatic rings. The van der Waals surface area contributed by atoms with Crippen LogP contribution in [0.5, 0.6) is 5.75 Å². The van der Waals surface area contributed by atoms with Gasteiger partial charge < -0.3 is 9.15 Å². The topological polar surface area (TPSA) is 72.6 Å². The first kappa shape index (κ1) is 20.1. The van der Waals surface area contributed by atoms with Gasteiger partial charge in [-0.3, -0.25) is 4.90 Å². The molecule has 0 spiro atoms. The summed E-state index contributed by atoms with van der Waals surface area (Å²) in [5, 5.41) is 1.99. The molecule has 6 nitrogen and oxygen atoms in total. The van der Waals surface area contributed by atoms with E-state index in [9.17, 15) is 8.42 Å². The van der Waals surface area contributed by atoms with Gasteiger partial charge in [-0.1, -0.05) is 18.2 Å². The molecule has 2 aromatic heterocycles. The summed E-state index contributed by atoms with van der Waals surface area (Å²) in [4.78, 5) is 7.90. The summed E-state index contributed by atoms with van der Waals surface area (Å²) in [5.41, 5.74) is 1.96. The van der Waals surface area contributed by atoms with Crippen molar-refractivity contribution in [3.05, 3.63) is 58.8 Å². The molecule has 0 saturated carbocycles. The Bertz CT molecular complexity index is 1060. The smallest absolute Gasteiger partial charge is 0.236 e. The molecule has 0 amide bonds. The van der Waals surface area contributed by atoms with Gasteiger partial charge >= 0.3 is 0 Å². The Balaban J connectivity index is 1.58. The van der Waals surface area contributed by atoms with E-state index in [4.69, 9.17) is 14.1 Å². The largest absolute Gasteiger partial charge is 0.497 e. The van der Waals surface area contributed by atoms with Crippen molar-refractivity contribution in [1.82, 2.24) is 9.88 Å². The van der Waals surface area contributed by atoms with Gasteiger partial charge in [0, 0.05) is 19.1 Å². The second kappa shape index (κ2) is 8.30. The van der Waals surface area contributed by atoms with Crippen molar-refractivity contribution in [1.29, 1.82) is 0 Å². The highest BCUT2D eigenvalue weighted by molar-refractivity contribution is 7.91. The van der Waals surface area contributed by atoms with E-state index < -0.39 is 9.84 Å². The first-order chi connectivity index (χ1) is 13.9. The number of rotatable bonds is 7. The van der Waals surface area contributed by atoms with E-state index >= 15 is 0 Å². The number of methoxy groups -OCH3 is 1. The highest BCUT2D eigenvalue weighted by Gasteiger charge is 2.33. The van der Waals surface area contributed by atoms with Gasteiger partial charge in [0.15, 0.2) is 9.84 Å². The van der Waals surface area contributed by atoms with Gasteiger partial charge in [0.25, 0.3) is 0 Å². The lowest BCUT2D eigenvalue weighted by Crippen LogP contribution is -2.35. The fourth-order valence-corrected chi connectivity index (χ4v) is 6.03. The van der Waals surface area contributed by atoms with Crippen molar-refractivity contribution in [3.8, 4) is 16.5 Å². The number of benzene rings is 1. The third-order valence-corrected chi connectivity index (χ3v) is 7.86. The number of aromatic nitrogens is 1. The van der Waals surface area contributed by atoms with Crippen LogP contribution >= 0.6 is 11.3 Å². The number of sulfone groups is 1. The van der Waals surface area contributed by atoms with E-state index in [1.807, 2.05) is 48.7 Å². The highest BCUT2D eigenvalue weighted by Crippen LogP contribution is 2.28. The lowest BCUT2D eigenvalue weighted by molar-refractivity contribution is 0.191. The van der Waals surface area contributed by atoms with Gasteiger partial charge in [-0.15, -0.1) is 11.3 Å². The van der Waals surface area contributed by atoms with Crippen molar-refractivity contribution >= 4 is 21.2 Å². The zero-order chi connectivity index (χ0) is 20.4. The third kappa shape index (κ3) is 4.71. The first-order valence-corrected chi connectivity index (χ1v) is 12.2. The van der Waals surface area contributed by atoms with E-state index in [0.29, 0.717) is 25.4 Å². The van der Waals surface area contributed by atoms with Crippen LogP contribution in [0.25, 0.3) is 10.8 Å². The first-order valence-electron chi connectivity index (χ1n) is 9.51. The van der Waals surface area contributed by atoms with E-state index in [1.54, 1.807) is 18.4 Å². The summed E-state index contributed by atoms with van der Waals surface area (Å²) in [7, 11) is -1.34. The fourth-order valence-electron chi connectivity index (χ4n) is 3.62. The van der Waals surface area contributed by atoms with Gasteiger partial charge in [-0.2, -0.15) is 0 Å². The second-order valence-corrected chi connectivity index (χ2v) is 10.5. The maximum absolute atomic E-state index is 12.1. The van der Waals surface area contributed by atoms with Crippen molar-refractivity contribution in [2.24, 2.45) is 0 Å². The molecule has 1 aliphatic heterocycles. The molecular weight excluding hydrogens is 408 g/mol. The molecule has 8 heteroatoms. The highest BCUT2D eigenvalue weighted by atomic mass is 32.2. The molecule has 3 aromatic rings. The maximum atomic E-state index is 12.1. The van der Waals surface area contributed by atoms with Crippen LogP contribution in [0.2, 0.25) is 0 Å². The van der Waals surface area contributed by atoms with Crippen LogP contribution < -0.4 is 4.74 Å². The Kier molecular flexibility index (Phi) is 5.76. The van der Waals surface area contributed by atoms with Crippen molar-refractivity contribution in [2.75, 3.05) is 18.6 Å². The summed E-state index contributed by atoms with van der Waals surface area (Å²) in [6, 6.07) is 11.8. The monoisotopic (exact) mass is 432 g/mol. The van der Waals surface area contributed by atoms with Gasteiger partial charge in [-0.05, 0) is 42.5 Å². The van der Waals surface area contributed by atoms with Crippen LogP contribution in [0.4, 0.5) is 0 Å². The molecule has 1 aromatic carbocycles. The number of hydrogen-bond donors (Lipinski definition) is 0. The molecule has 0 bridgehead atoms. The molecule has 1 saturated heterocycles. The van der Waals surface area contributed by atoms with Crippen LogP contribution in [-0.2, 0) is 22.9 Å². The van der Waals surface area contributed by atoms with E-state index in [0.717, 1.165) is 27.6 Å². The third-order valence-electron chi connectivity index (χ3n) is 5.25. The summed E-state index contributed by atoms with van der Waals surface area (Å²) in [5.74, 6) is 2.63. The molecule has 1 unspecified atom stereocenters. The van der Waals surface area contributed by atoms with Crippen LogP contribution in [0.1, 0.15) is 23.4 Å². The maximum Gasteiger partial charge on any atom is 0.236 e. The molecule has 1 fully saturated rings. The second-order valence-electron chi connectivity index (χ2n) is 7.31. The zero-order valence-corrected chi connectivity index (χ0v) is 18.1. The average Bonchev–Trinajstić information content (AvgIpc) is 3.43. The van der Waals surface area contributed by atoms with Gasteiger partial charge in [-0.25, -0.2) is 13.4 Å². The van der Waals surface area contributed by atoms with Crippen molar-refractivity contribution in [2.45, 2.75) is 32.5 Å². The molecule has 154 valence electrons. The number of thiophene rings is 1. The Hall–Kier alpha value is -2.16. The lowest BCUT2D eigenvalue weighted by Gasteiger charge is -2.27. The van der Waals surface area contributed by atoms with E-state index in [-0.39, 0.29) is 17.5 Å². The molecule has 4 rings (SSSR count). The van der Waals surface area contributed by atoms with Gasteiger partial charge in [0.1, 0.15) is 11.5 Å². The van der Waals surface area contributed by atoms with Gasteiger partial charge in [0.05, 0.1) is 29.2 Å². The molecule has 1 atom stereocenters. The SMILES string of the molecule is COc1ccc(CN(Cc2nc(-c3cccs3)oc2C)C2CCS(=O)(=O)C2)cc1. The summed E-state index contributed by atoms with van der Waals surface area (Å²) in [6.45, 7) is 3.11. The van der Waals surface area contributed by atoms with Crippen molar-refractivity contribution in [3.63, 3.8) is 0 Å². The minimum atomic E-state index is -2.98.